The lowest BCUT2D eigenvalue weighted by atomic mass is 10.1. The van der Waals surface area contributed by atoms with Crippen molar-refractivity contribution in [3.8, 4) is 0 Å². The van der Waals surface area contributed by atoms with Gasteiger partial charge in [0.2, 0.25) is 5.91 Å². The van der Waals surface area contributed by atoms with E-state index in [0.717, 1.165) is 5.69 Å². The van der Waals surface area contributed by atoms with Crippen molar-refractivity contribution in [1.82, 2.24) is 4.90 Å². The molecule has 3 amide bonds. The maximum absolute atomic E-state index is 12.9. The molecule has 0 spiro atoms. The molecule has 0 unspecified atom stereocenters. The Morgan fingerprint density at radius 3 is 2.21 bits per heavy atom. The number of morpholine rings is 1. The molecule has 29 heavy (non-hydrogen) atoms. The van der Waals surface area contributed by atoms with Crippen LogP contribution in [-0.4, -0.2) is 61.5 Å². The zero-order valence-electron chi connectivity index (χ0n) is 17.7. The molecule has 3 N–H and O–H groups in total. The highest BCUT2D eigenvalue weighted by molar-refractivity contribution is 6.09. The molecule has 0 saturated carbocycles. The molecule has 2 rings (SSSR count). The molecular weight excluding hydrogens is 372 g/mol. The Balaban J connectivity index is 2.12. The zero-order chi connectivity index (χ0) is 21.6. The summed E-state index contributed by atoms with van der Waals surface area (Å²) in [7, 11) is 0. The van der Waals surface area contributed by atoms with Gasteiger partial charge in [0.15, 0.2) is 6.04 Å². The molecule has 0 aromatic heterocycles. The van der Waals surface area contributed by atoms with Crippen LogP contribution in [0.1, 0.15) is 27.7 Å². The summed E-state index contributed by atoms with van der Waals surface area (Å²) in [4.78, 5) is 40.4. The van der Waals surface area contributed by atoms with E-state index < -0.39 is 17.9 Å². The van der Waals surface area contributed by atoms with Crippen LogP contribution >= 0.6 is 0 Å². The van der Waals surface area contributed by atoms with Crippen molar-refractivity contribution in [1.29, 1.82) is 0 Å². The lowest BCUT2D eigenvalue weighted by Gasteiger charge is -2.31. The number of hydrogen-bond donors (Lipinski definition) is 2. The molecule has 0 radical (unpaired) electrons. The van der Waals surface area contributed by atoms with Crippen LogP contribution in [-0.2, 0) is 19.1 Å². The molecule has 8 nitrogen and oxygen atoms in total. The third-order valence-electron chi connectivity index (χ3n) is 4.51. The van der Waals surface area contributed by atoms with Gasteiger partial charge in [0.1, 0.15) is 6.61 Å². The predicted octanol–water partition coefficient (Wildman–Crippen LogP) is 1.46. The van der Waals surface area contributed by atoms with Crippen molar-refractivity contribution in [2.75, 3.05) is 43.1 Å². The van der Waals surface area contributed by atoms with Gasteiger partial charge >= 0.3 is 0 Å². The maximum Gasteiger partial charge on any atom is 0.253 e. The standard InChI is InChI=1S/C21H32N4O4/c1-14(2)11-24(12-15(3)4)19(20(22)27)21(28)23-16-5-7-17(8-6-16)25-9-10-29-13-18(25)26/h5-8,14-15,19H,9-13H2,1-4H3,(H2,22,27)(H,23,28)/t19-/m0/s1. The number of benzene rings is 1. The molecule has 0 aliphatic carbocycles. The summed E-state index contributed by atoms with van der Waals surface area (Å²) in [5, 5.41) is 2.78. The van der Waals surface area contributed by atoms with Gasteiger partial charge in [-0.05, 0) is 36.1 Å². The molecule has 8 heteroatoms. The number of carbonyl (C=O) groups excluding carboxylic acids is 3. The molecule has 1 aromatic rings. The van der Waals surface area contributed by atoms with E-state index in [0.29, 0.717) is 31.9 Å². The fourth-order valence-corrected chi connectivity index (χ4v) is 3.42. The fraction of sp³-hybridized carbons (Fsp3) is 0.571. The topological polar surface area (TPSA) is 105 Å². The van der Waals surface area contributed by atoms with Crippen LogP contribution in [0, 0.1) is 11.8 Å². The second-order valence-electron chi connectivity index (χ2n) is 8.18. The molecule has 160 valence electrons. The van der Waals surface area contributed by atoms with Crippen LogP contribution in [0.15, 0.2) is 24.3 Å². The molecule has 1 heterocycles. The van der Waals surface area contributed by atoms with Crippen LogP contribution in [0.5, 0.6) is 0 Å². The van der Waals surface area contributed by atoms with Gasteiger partial charge in [-0.2, -0.15) is 0 Å². The van der Waals surface area contributed by atoms with Crippen LogP contribution in [0.25, 0.3) is 0 Å². The van der Waals surface area contributed by atoms with Gasteiger partial charge in [-0.15, -0.1) is 0 Å². The van der Waals surface area contributed by atoms with Crippen molar-refractivity contribution in [2.24, 2.45) is 17.6 Å². The summed E-state index contributed by atoms with van der Waals surface area (Å²) >= 11 is 0. The molecule has 1 aliphatic rings. The minimum atomic E-state index is -1.04. The quantitative estimate of drug-likeness (QED) is 0.606. The highest BCUT2D eigenvalue weighted by atomic mass is 16.5. The van der Waals surface area contributed by atoms with Gasteiger partial charge in [-0.1, -0.05) is 27.7 Å². The molecule has 1 atom stereocenters. The number of carbonyl (C=O) groups is 3. The zero-order valence-corrected chi connectivity index (χ0v) is 17.7. The number of anilines is 2. The smallest absolute Gasteiger partial charge is 0.253 e. The Kier molecular flexibility index (Phi) is 8.16. The van der Waals surface area contributed by atoms with Gasteiger partial charge in [0, 0.05) is 31.0 Å². The van der Waals surface area contributed by atoms with E-state index in [-0.39, 0.29) is 24.3 Å². The summed E-state index contributed by atoms with van der Waals surface area (Å²) < 4.78 is 5.14. The van der Waals surface area contributed by atoms with E-state index in [4.69, 9.17) is 10.5 Å². The Morgan fingerprint density at radius 2 is 1.72 bits per heavy atom. The summed E-state index contributed by atoms with van der Waals surface area (Å²) in [6.45, 7) is 10.4. The first-order valence-electron chi connectivity index (χ1n) is 10.0. The monoisotopic (exact) mass is 404 g/mol. The van der Waals surface area contributed by atoms with Gasteiger partial charge in [-0.25, -0.2) is 0 Å². The Bertz CT molecular complexity index is 708. The molecule has 1 aromatic carbocycles. The second-order valence-corrected chi connectivity index (χ2v) is 8.18. The summed E-state index contributed by atoms with van der Waals surface area (Å²) in [5.41, 5.74) is 6.86. The van der Waals surface area contributed by atoms with Crippen molar-refractivity contribution >= 4 is 29.1 Å². The number of nitrogens with one attached hydrogen (secondary N) is 1. The minimum Gasteiger partial charge on any atom is -0.370 e. The van der Waals surface area contributed by atoms with E-state index in [1.807, 2.05) is 32.6 Å². The Morgan fingerprint density at radius 1 is 1.14 bits per heavy atom. The SMILES string of the molecule is CC(C)CN(CC(C)C)[C@@H](C(N)=O)C(=O)Nc1ccc(N2CCOCC2=O)cc1. The van der Waals surface area contributed by atoms with Crippen molar-refractivity contribution in [2.45, 2.75) is 33.7 Å². The first kappa shape index (κ1) is 22.8. The van der Waals surface area contributed by atoms with E-state index in [9.17, 15) is 14.4 Å². The minimum absolute atomic E-state index is 0.0698. The highest BCUT2D eigenvalue weighted by Gasteiger charge is 2.32. The second kappa shape index (κ2) is 10.4. The summed E-state index contributed by atoms with van der Waals surface area (Å²) in [5.74, 6) is -0.643. The highest BCUT2D eigenvalue weighted by Crippen LogP contribution is 2.20. The maximum atomic E-state index is 12.9. The number of nitrogens with two attached hydrogens (primary N) is 1. The van der Waals surface area contributed by atoms with Gasteiger partial charge in [-0.3, -0.25) is 19.3 Å². The normalized spacial score (nSPS) is 15.8. The molecule has 0 bridgehead atoms. The average Bonchev–Trinajstić information content (AvgIpc) is 2.61. The number of amides is 3. The van der Waals surface area contributed by atoms with E-state index in [2.05, 4.69) is 5.32 Å². The third-order valence-corrected chi connectivity index (χ3v) is 4.51. The average molecular weight is 405 g/mol. The van der Waals surface area contributed by atoms with Crippen LogP contribution in [0.3, 0.4) is 0 Å². The summed E-state index contributed by atoms with van der Waals surface area (Å²) in [6.07, 6.45) is 0. The Labute approximate surface area is 172 Å². The van der Waals surface area contributed by atoms with E-state index >= 15 is 0 Å². The lowest BCUT2D eigenvalue weighted by Crippen LogP contribution is -2.54. The first-order valence-corrected chi connectivity index (χ1v) is 10.0. The van der Waals surface area contributed by atoms with Crippen LogP contribution < -0.4 is 16.0 Å². The number of rotatable bonds is 9. The number of primary amides is 1. The van der Waals surface area contributed by atoms with Gasteiger partial charge < -0.3 is 20.7 Å². The van der Waals surface area contributed by atoms with E-state index in [1.54, 1.807) is 29.2 Å². The Hall–Kier alpha value is -2.45. The van der Waals surface area contributed by atoms with Gasteiger partial charge in [0.25, 0.3) is 11.8 Å². The molecule has 1 saturated heterocycles. The molecule has 1 aliphatic heterocycles. The van der Waals surface area contributed by atoms with E-state index in [1.165, 1.54) is 0 Å². The lowest BCUT2D eigenvalue weighted by molar-refractivity contribution is -0.133. The van der Waals surface area contributed by atoms with Crippen molar-refractivity contribution in [3.05, 3.63) is 24.3 Å². The number of ether oxygens (including phenoxy) is 1. The van der Waals surface area contributed by atoms with Crippen molar-refractivity contribution in [3.63, 3.8) is 0 Å². The largest absolute Gasteiger partial charge is 0.370 e. The molecule has 1 fully saturated rings. The third kappa shape index (κ3) is 6.54. The summed E-state index contributed by atoms with van der Waals surface area (Å²) in [6, 6.07) is 5.91. The van der Waals surface area contributed by atoms with Gasteiger partial charge in [0.05, 0.1) is 6.61 Å². The van der Waals surface area contributed by atoms with Crippen LogP contribution in [0.4, 0.5) is 11.4 Å². The number of hydrogen-bond acceptors (Lipinski definition) is 5. The fourth-order valence-electron chi connectivity index (χ4n) is 3.42. The predicted molar refractivity (Wildman–Crippen MR) is 112 cm³/mol. The number of nitrogens with zero attached hydrogens (tertiary/aromatic N) is 2. The van der Waals surface area contributed by atoms with Crippen LogP contribution in [0.2, 0.25) is 0 Å². The molecular formula is C21H32N4O4. The first-order chi connectivity index (χ1) is 13.7. The van der Waals surface area contributed by atoms with Crippen molar-refractivity contribution < 1.29 is 19.1 Å².